The Bertz CT molecular complexity index is 575. The molecule has 1 aromatic heterocycles. The zero-order valence-electron chi connectivity index (χ0n) is 10.3. The summed E-state index contributed by atoms with van der Waals surface area (Å²) < 4.78 is 29.0. The highest BCUT2D eigenvalue weighted by Crippen LogP contribution is 2.17. The minimum absolute atomic E-state index is 0.0818. The Morgan fingerprint density at radius 3 is 2.95 bits per heavy atom. The summed E-state index contributed by atoms with van der Waals surface area (Å²) in [5.74, 6) is -0.0959. The first kappa shape index (κ1) is 13.8. The quantitative estimate of drug-likeness (QED) is 0.656. The number of rotatable bonds is 3. The molecule has 0 aromatic carbocycles. The van der Waals surface area contributed by atoms with Crippen LogP contribution in [0.5, 0.6) is 0 Å². The van der Waals surface area contributed by atoms with Gasteiger partial charge in [-0.2, -0.15) is 5.10 Å². The number of aromatic nitrogens is 2. The summed E-state index contributed by atoms with van der Waals surface area (Å²) in [4.78, 5) is 11.5. The number of sulfonamides is 1. The molecule has 1 aromatic rings. The van der Waals surface area contributed by atoms with Crippen LogP contribution in [0.25, 0.3) is 0 Å². The number of aryl methyl sites for hydroxylation is 1. The Labute approximate surface area is 110 Å². The molecule has 106 valence electrons. The lowest BCUT2D eigenvalue weighted by Crippen LogP contribution is -2.38. The first-order valence-electron chi connectivity index (χ1n) is 5.58. The number of amides is 2. The van der Waals surface area contributed by atoms with Crippen molar-refractivity contribution < 1.29 is 17.9 Å². The van der Waals surface area contributed by atoms with E-state index < -0.39 is 16.1 Å². The predicted molar refractivity (Wildman–Crippen MR) is 66.0 cm³/mol. The summed E-state index contributed by atoms with van der Waals surface area (Å²) in [6.07, 6.45) is 1.95. The van der Waals surface area contributed by atoms with Crippen molar-refractivity contribution >= 4 is 21.9 Å². The van der Waals surface area contributed by atoms with E-state index in [2.05, 4.69) is 15.7 Å². The van der Waals surface area contributed by atoms with Crippen molar-refractivity contribution in [1.29, 1.82) is 0 Å². The Morgan fingerprint density at radius 1 is 1.63 bits per heavy atom. The Balaban J connectivity index is 2.08. The minimum Gasteiger partial charge on any atom is -0.379 e. The molecule has 1 atom stereocenters. The van der Waals surface area contributed by atoms with E-state index >= 15 is 0 Å². The van der Waals surface area contributed by atoms with Gasteiger partial charge >= 0.3 is 6.03 Å². The van der Waals surface area contributed by atoms with Gasteiger partial charge in [-0.25, -0.2) is 18.4 Å². The first-order chi connectivity index (χ1) is 8.86. The van der Waals surface area contributed by atoms with Gasteiger partial charge in [-0.3, -0.25) is 10.00 Å². The number of nitrogens with one attached hydrogen (secondary N) is 2. The van der Waals surface area contributed by atoms with E-state index in [1.54, 1.807) is 0 Å². The number of anilines is 1. The van der Waals surface area contributed by atoms with Crippen LogP contribution in [0.3, 0.4) is 0 Å². The number of hydrogen-bond acceptors (Lipinski definition) is 5. The van der Waals surface area contributed by atoms with Crippen molar-refractivity contribution in [2.45, 2.75) is 17.4 Å². The van der Waals surface area contributed by atoms with E-state index in [9.17, 15) is 13.2 Å². The van der Waals surface area contributed by atoms with Crippen LogP contribution in [0.4, 0.5) is 10.6 Å². The maximum atomic E-state index is 11.7. The minimum atomic E-state index is -3.94. The molecule has 0 bridgehead atoms. The lowest BCUT2D eigenvalue weighted by molar-refractivity contribution is 0.189. The SMILES string of the molecule is Cn1cc(S(N)(=O)=O)c(NC(=O)NC2CCOC2)n1. The maximum absolute atomic E-state index is 11.7. The van der Waals surface area contributed by atoms with Crippen molar-refractivity contribution in [1.82, 2.24) is 15.1 Å². The van der Waals surface area contributed by atoms with Crippen LogP contribution in [0.2, 0.25) is 0 Å². The van der Waals surface area contributed by atoms with Crippen molar-refractivity contribution in [3.8, 4) is 0 Å². The first-order valence-corrected chi connectivity index (χ1v) is 7.12. The molecular weight excluding hydrogens is 274 g/mol. The third kappa shape index (κ3) is 3.43. The molecule has 9 nitrogen and oxygen atoms in total. The van der Waals surface area contributed by atoms with Gasteiger partial charge in [0.05, 0.1) is 12.6 Å². The van der Waals surface area contributed by atoms with E-state index in [-0.39, 0.29) is 16.8 Å². The van der Waals surface area contributed by atoms with Crippen LogP contribution in [-0.4, -0.2) is 43.5 Å². The number of primary sulfonamides is 1. The van der Waals surface area contributed by atoms with Gasteiger partial charge in [0.15, 0.2) is 5.82 Å². The number of hydrogen-bond donors (Lipinski definition) is 3. The molecule has 1 aliphatic heterocycles. The fourth-order valence-electron chi connectivity index (χ4n) is 1.74. The van der Waals surface area contributed by atoms with Gasteiger partial charge in [0, 0.05) is 19.9 Å². The molecule has 2 amide bonds. The maximum Gasteiger partial charge on any atom is 0.320 e. The van der Waals surface area contributed by atoms with Crippen LogP contribution in [0, 0.1) is 0 Å². The summed E-state index contributed by atoms with van der Waals surface area (Å²) in [5.41, 5.74) is 0. The monoisotopic (exact) mass is 289 g/mol. The van der Waals surface area contributed by atoms with Crippen molar-refractivity contribution in [2.75, 3.05) is 18.5 Å². The van der Waals surface area contributed by atoms with E-state index in [1.807, 2.05) is 0 Å². The average molecular weight is 289 g/mol. The third-order valence-electron chi connectivity index (χ3n) is 2.60. The standard InChI is InChI=1S/C9H15N5O4S/c1-14-4-7(19(10,16)17)8(13-14)12-9(15)11-6-2-3-18-5-6/h4,6H,2-3,5H2,1H3,(H2,10,16,17)(H2,11,12,13,15). The van der Waals surface area contributed by atoms with Crippen molar-refractivity contribution in [2.24, 2.45) is 12.2 Å². The van der Waals surface area contributed by atoms with Gasteiger partial charge in [0.25, 0.3) is 0 Å². The molecular formula is C9H15N5O4S. The van der Waals surface area contributed by atoms with Crippen molar-refractivity contribution in [3.05, 3.63) is 6.20 Å². The number of urea groups is 1. The Kier molecular flexibility index (Phi) is 3.73. The number of nitrogens with two attached hydrogens (primary N) is 1. The molecule has 0 aliphatic carbocycles. The third-order valence-corrected chi connectivity index (χ3v) is 3.51. The van der Waals surface area contributed by atoms with E-state index in [1.165, 1.54) is 17.9 Å². The lowest BCUT2D eigenvalue weighted by Gasteiger charge is -2.10. The summed E-state index contributed by atoms with van der Waals surface area (Å²) in [6, 6.07) is -0.624. The highest BCUT2D eigenvalue weighted by molar-refractivity contribution is 7.89. The second-order valence-electron chi connectivity index (χ2n) is 4.22. The van der Waals surface area contributed by atoms with E-state index in [4.69, 9.17) is 9.88 Å². The average Bonchev–Trinajstić information content (AvgIpc) is 2.87. The Morgan fingerprint density at radius 2 is 2.37 bits per heavy atom. The number of ether oxygens (including phenoxy) is 1. The lowest BCUT2D eigenvalue weighted by atomic mass is 10.3. The molecule has 0 radical (unpaired) electrons. The number of carbonyl (C=O) groups is 1. The molecule has 2 rings (SSSR count). The van der Waals surface area contributed by atoms with Crippen LogP contribution in [-0.2, 0) is 21.8 Å². The van der Waals surface area contributed by atoms with Crippen LogP contribution >= 0.6 is 0 Å². The van der Waals surface area contributed by atoms with E-state index in [0.29, 0.717) is 13.2 Å². The molecule has 0 spiro atoms. The summed E-state index contributed by atoms with van der Waals surface area (Å²) in [7, 11) is -2.41. The summed E-state index contributed by atoms with van der Waals surface area (Å²) >= 11 is 0. The van der Waals surface area contributed by atoms with Crippen LogP contribution in [0.1, 0.15) is 6.42 Å². The van der Waals surface area contributed by atoms with Crippen molar-refractivity contribution in [3.63, 3.8) is 0 Å². The van der Waals surface area contributed by atoms with Gasteiger partial charge in [0.2, 0.25) is 10.0 Å². The normalized spacial score (nSPS) is 19.4. The molecule has 1 unspecified atom stereocenters. The molecule has 10 heteroatoms. The van der Waals surface area contributed by atoms with Crippen LogP contribution in [0.15, 0.2) is 11.1 Å². The van der Waals surface area contributed by atoms with Gasteiger partial charge < -0.3 is 10.1 Å². The molecule has 1 aliphatic rings. The van der Waals surface area contributed by atoms with Gasteiger partial charge in [-0.05, 0) is 6.42 Å². The molecule has 1 saturated heterocycles. The molecule has 2 heterocycles. The fourth-order valence-corrected chi connectivity index (χ4v) is 2.40. The zero-order chi connectivity index (χ0) is 14.0. The molecule has 4 N–H and O–H groups in total. The van der Waals surface area contributed by atoms with E-state index in [0.717, 1.165) is 6.42 Å². The van der Waals surface area contributed by atoms with Gasteiger partial charge in [-0.1, -0.05) is 0 Å². The molecule has 1 fully saturated rings. The smallest absolute Gasteiger partial charge is 0.320 e. The van der Waals surface area contributed by atoms with Gasteiger partial charge in [-0.15, -0.1) is 0 Å². The summed E-state index contributed by atoms with van der Waals surface area (Å²) in [6.45, 7) is 1.04. The second kappa shape index (κ2) is 5.15. The zero-order valence-corrected chi connectivity index (χ0v) is 11.1. The van der Waals surface area contributed by atoms with Crippen LogP contribution < -0.4 is 15.8 Å². The fraction of sp³-hybridized carbons (Fsp3) is 0.556. The molecule has 19 heavy (non-hydrogen) atoms. The second-order valence-corrected chi connectivity index (χ2v) is 5.75. The van der Waals surface area contributed by atoms with Gasteiger partial charge in [0.1, 0.15) is 4.90 Å². The Hall–Kier alpha value is -1.65. The predicted octanol–water partition coefficient (Wildman–Crippen LogP) is -1.02. The summed E-state index contributed by atoms with van der Waals surface area (Å²) in [5, 5.41) is 13.9. The largest absolute Gasteiger partial charge is 0.379 e. The molecule has 0 saturated carbocycles. The number of carbonyl (C=O) groups excluding carboxylic acids is 1. The number of nitrogens with zero attached hydrogens (tertiary/aromatic N) is 2. The highest BCUT2D eigenvalue weighted by atomic mass is 32.2. The topological polar surface area (TPSA) is 128 Å². The highest BCUT2D eigenvalue weighted by Gasteiger charge is 2.22.